The number of likely N-dealkylation sites (N-methyl/N-ethyl adjacent to an activating group) is 1. The van der Waals surface area contributed by atoms with Crippen molar-refractivity contribution < 1.29 is 23.8 Å². The van der Waals surface area contributed by atoms with E-state index in [9.17, 15) is 9.59 Å². The van der Waals surface area contributed by atoms with Crippen LogP contribution in [0.4, 0.5) is 5.69 Å². The van der Waals surface area contributed by atoms with Crippen LogP contribution in [0.3, 0.4) is 0 Å². The average molecular weight is 643 g/mol. The lowest BCUT2D eigenvalue weighted by atomic mass is 10.0. The number of amides is 2. The number of rotatable bonds is 16. The number of methoxy groups -OCH3 is 1. The van der Waals surface area contributed by atoms with Gasteiger partial charge in [-0.05, 0) is 88.2 Å². The molecule has 2 amide bonds. The van der Waals surface area contributed by atoms with E-state index in [1.807, 2.05) is 84.6 Å². The predicted octanol–water partition coefficient (Wildman–Crippen LogP) is 5.89. The van der Waals surface area contributed by atoms with Crippen molar-refractivity contribution >= 4 is 29.7 Å². The number of carbonyl (C=O) groups is 2. The summed E-state index contributed by atoms with van der Waals surface area (Å²) in [5, 5.41) is 0. The summed E-state index contributed by atoms with van der Waals surface area (Å²) in [6, 6.07) is 19.1. The van der Waals surface area contributed by atoms with Crippen LogP contribution in [0.15, 0.2) is 60.7 Å². The van der Waals surface area contributed by atoms with Crippen LogP contribution in [0, 0.1) is 6.92 Å². The van der Waals surface area contributed by atoms with Gasteiger partial charge in [-0.25, -0.2) is 0 Å². The van der Waals surface area contributed by atoms with E-state index in [4.69, 9.17) is 19.9 Å². The van der Waals surface area contributed by atoms with Gasteiger partial charge in [0, 0.05) is 50.8 Å². The zero-order valence-corrected chi connectivity index (χ0v) is 28.4. The summed E-state index contributed by atoms with van der Waals surface area (Å²) in [6.45, 7) is 7.09. The first-order valence-corrected chi connectivity index (χ1v) is 16.6. The van der Waals surface area contributed by atoms with Gasteiger partial charge >= 0.3 is 0 Å². The number of piperazine rings is 1. The molecular weight excluding hydrogens is 592 g/mol. The molecule has 1 heterocycles. The summed E-state index contributed by atoms with van der Waals surface area (Å²) in [7, 11) is 5.45. The Kier molecular flexibility index (Phi) is 13.7. The predicted molar refractivity (Wildman–Crippen MR) is 189 cm³/mol. The lowest BCUT2D eigenvalue weighted by molar-refractivity contribution is -0.132. The highest BCUT2D eigenvalue weighted by molar-refractivity contribution is 6.09. The van der Waals surface area contributed by atoms with Gasteiger partial charge in [0.05, 0.1) is 31.6 Å². The number of aryl methyl sites for hydroxylation is 1. The molecule has 0 saturated carbocycles. The number of nitrogens with two attached hydrogens (primary N) is 1. The molecule has 3 aromatic rings. The lowest BCUT2D eigenvalue weighted by Crippen LogP contribution is -2.47. The summed E-state index contributed by atoms with van der Waals surface area (Å²) in [4.78, 5) is 32.5. The van der Waals surface area contributed by atoms with Crippen molar-refractivity contribution in [3.63, 3.8) is 0 Å². The van der Waals surface area contributed by atoms with Crippen molar-refractivity contribution in [1.29, 1.82) is 0 Å². The number of carbonyl (C=O) groups excluding carboxylic acids is 2. The Morgan fingerprint density at radius 1 is 0.851 bits per heavy atom. The van der Waals surface area contributed by atoms with Crippen molar-refractivity contribution in [3.05, 3.63) is 82.9 Å². The maximum absolute atomic E-state index is 14.1. The number of para-hydroxylation sites is 1. The van der Waals surface area contributed by atoms with Crippen molar-refractivity contribution in [1.82, 2.24) is 9.80 Å². The Labute approximate surface area is 279 Å². The molecule has 0 radical (unpaired) electrons. The number of anilines is 1. The van der Waals surface area contributed by atoms with Crippen LogP contribution in [0.1, 0.15) is 59.2 Å². The second-order valence-electron chi connectivity index (χ2n) is 12.0. The van der Waals surface area contributed by atoms with Crippen LogP contribution < -0.4 is 24.8 Å². The van der Waals surface area contributed by atoms with E-state index in [-0.39, 0.29) is 11.8 Å². The summed E-state index contributed by atoms with van der Waals surface area (Å²) in [6.07, 6.45) is 7.72. The summed E-state index contributed by atoms with van der Waals surface area (Å²) in [5.74, 6) is 2.05. The van der Waals surface area contributed by atoms with Gasteiger partial charge in [0.25, 0.3) is 5.91 Å². The molecule has 0 aliphatic carbocycles. The number of benzene rings is 3. The van der Waals surface area contributed by atoms with Gasteiger partial charge in [0.1, 0.15) is 17.2 Å². The number of ether oxygens (including phenoxy) is 3. The molecule has 0 bridgehead atoms. The first-order chi connectivity index (χ1) is 22.8. The van der Waals surface area contributed by atoms with Crippen LogP contribution >= 0.6 is 0 Å². The highest BCUT2D eigenvalue weighted by Gasteiger charge is 2.22. The van der Waals surface area contributed by atoms with E-state index in [0.29, 0.717) is 54.5 Å². The average Bonchev–Trinajstić information content (AvgIpc) is 3.09. The molecule has 1 saturated heterocycles. The lowest BCUT2D eigenvalue weighted by Gasteiger charge is -2.32. The minimum absolute atomic E-state index is 0.188. The molecule has 0 atom stereocenters. The number of unbranched alkanes of at least 4 members (excludes halogenated alkanes) is 2. The standard InChI is InChI=1S/C38H50N4O5/c1-29-17-20-33(36(28-29)47-26-9-5-6-16-37(43)42-24-22-40(2)23-25-42)41(3)38(44)32-13-10-15-35(45-4)31(32)19-18-30-12-7-8-14-34(30)46-27-11-21-39/h7-8,10,12-15,17-20,28H,5-6,9,11,16,21-27,39H2,1-4H3. The molecule has 0 unspecified atom stereocenters. The second-order valence-corrected chi connectivity index (χ2v) is 12.0. The van der Waals surface area contributed by atoms with E-state index in [1.54, 1.807) is 19.1 Å². The molecule has 0 aromatic heterocycles. The topological polar surface area (TPSA) is 97.6 Å². The zero-order valence-electron chi connectivity index (χ0n) is 28.4. The monoisotopic (exact) mass is 642 g/mol. The fraction of sp³-hybridized carbons (Fsp3) is 0.421. The van der Waals surface area contributed by atoms with Crippen LogP contribution in [-0.2, 0) is 4.79 Å². The molecule has 47 heavy (non-hydrogen) atoms. The van der Waals surface area contributed by atoms with Crippen LogP contribution in [0.5, 0.6) is 17.2 Å². The molecule has 3 aromatic carbocycles. The number of nitrogens with zero attached hydrogens (tertiary/aromatic N) is 3. The van der Waals surface area contributed by atoms with Gasteiger partial charge < -0.3 is 34.6 Å². The third-order valence-electron chi connectivity index (χ3n) is 8.40. The molecule has 2 N–H and O–H groups in total. The normalized spacial score (nSPS) is 13.5. The maximum atomic E-state index is 14.1. The van der Waals surface area contributed by atoms with Crippen LogP contribution in [0.25, 0.3) is 12.2 Å². The molecule has 0 spiro atoms. The highest BCUT2D eigenvalue weighted by Crippen LogP contribution is 2.33. The van der Waals surface area contributed by atoms with E-state index in [0.717, 1.165) is 68.7 Å². The van der Waals surface area contributed by atoms with Gasteiger partial charge in [-0.15, -0.1) is 0 Å². The van der Waals surface area contributed by atoms with Crippen molar-refractivity contribution in [3.8, 4) is 17.2 Å². The SMILES string of the molecule is COc1cccc(C(=O)N(C)c2ccc(C)cc2OCCCCCC(=O)N2CCN(C)CC2)c1C=Cc1ccccc1OCCCN. The number of hydrogen-bond donors (Lipinski definition) is 1. The van der Waals surface area contributed by atoms with Gasteiger partial charge in [-0.1, -0.05) is 36.4 Å². The summed E-state index contributed by atoms with van der Waals surface area (Å²) < 4.78 is 17.9. The Balaban J connectivity index is 1.42. The van der Waals surface area contributed by atoms with Crippen molar-refractivity contribution in [2.45, 2.75) is 39.0 Å². The smallest absolute Gasteiger partial charge is 0.258 e. The Morgan fingerprint density at radius 3 is 2.34 bits per heavy atom. The van der Waals surface area contributed by atoms with Crippen LogP contribution in [0.2, 0.25) is 0 Å². The maximum Gasteiger partial charge on any atom is 0.258 e. The first-order valence-electron chi connectivity index (χ1n) is 16.6. The molecule has 4 rings (SSSR count). The Hall–Kier alpha value is -4.34. The highest BCUT2D eigenvalue weighted by atomic mass is 16.5. The van der Waals surface area contributed by atoms with Crippen molar-refractivity contribution in [2.24, 2.45) is 5.73 Å². The Morgan fingerprint density at radius 2 is 1.57 bits per heavy atom. The first kappa shape index (κ1) is 35.5. The Bertz CT molecular complexity index is 1500. The molecule has 1 fully saturated rings. The zero-order chi connectivity index (χ0) is 33.6. The minimum atomic E-state index is -0.188. The fourth-order valence-electron chi connectivity index (χ4n) is 5.52. The van der Waals surface area contributed by atoms with Crippen molar-refractivity contribution in [2.75, 3.05) is 72.0 Å². The molecule has 9 heteroatoms. The summed E-state index contributed by atoms with van der Waals surface area (Å²) >= 11 is 0. The molecule has 252 valence electrons. The van der Waals surface area contributed by atoms with Gasteiger partial charge in [-0.3, -0.25) is 9.59 Å². The van der Waals surface area contributed by atoms with Gasteiger partial charge in [0.15, 0.2) is 0 Å². The second kappa shape index (κ2) is 18.1. The molecule has 1 aliphatic heterocycles. The van der Waals surface area contributed by atoms with Gasteiger partial charge in [-0.2, -0.15) is 0 Å². The molecule has 9 nitrogen and oxygen atoms in total. The van der Waals surface area contributed by atoms with E-state index < -0.39 is 0 Å². The largest absolute Gasteiger partial charge is 0.496 e. The molecule has 1 aliphatic rings. The van der Waals surface area contributed by atoms with E-state index in [2.05, 4.69) is 11.9 Å². The van der Waals surface area contributed by atoms with Gasteiger partial charge in [0.2, 0.25) is 5.91 Å². The van der Waals surface area contributed by atoms with E-state index in [1.165, 1.54) is 0 Å². The van der Waals surface area contributed by atoms with E-state index >= 15 is 0 Å². The minimum Gasteiger partial charge on any atom is -0.496 e. The third-order valence-corrected chi connectivity index (χ3v) is 8.40. The summed E-state index contributed by atoms with van der Waals surface area (Å²) in [5.41, 5.74) is 9.42. The number of hydrogen-bond acceptors (Lipinski definition) is 7. The quantitative estimate of drug-likeness (QED) is 0.154. The third kappa shape index (κ3) is 10.1. The van der Waals surface area contributed by atoms with Crippen LogP contribution in [-0.4, -0.2) is 88.8 Å². The fourth-order valence-corrected chi connectivity index (χ4v) is 5.52. The molecular formula is C38H50N4O5.